The fraction of sp³-hybridized carbons (Fsp3) is 0.286. The lowest BCUT2D eigenvalue weighted by Gasteiger charge is -2.37. The van der Waals surface area contributed by atoms with E-state index in [4.69, 9.17) is 0 Å². The van der Waals surface area contributed by atoms with E-state index in [9.17, 15) is 29.8 Å². The van der Waals surface area contributed by atoms with Crippen LogP contribution in [0.1, 0.15) is 48.4 Å². The van der Waals surface area contributed by atoms with Gasteiger partial charge >= 0.3 is 0 Å². The summed E-state index contributed by atoms with van der Waals surface area (Å²) in [6.07, 6.45) is 0. The molecule has 2 amide bonds. The standard InChI is InChI=1S/C21H20N6O6/c1-13-20(2,3)21(4,24-22-18(28)14-5-9-16(10-6-14)26(30)31)25(23-13)19(29)15-7-11-17(12-8-15)27(32)33/h5-12H,1-4H3. The van der Waals surface area contributed by atoms with Crippen molar-refractivity contribution in [2.75, 3.05) is 0 Å². The topological polar surface area (TPSA) is 161 Å². The second-order valence-electron chi connectivity index (χ2n) is 8.06. The molecule has 0 saturated heterocycles. The molecule has 1 unspecified atom stereocenters. The van der Waals surface area contributed by atoms with Crippen LogP contribution in [-0.2, 0) is 0 Å². The summed E-state index contributed by atoms with van der Waals surface area (Å²) in [5.41, 5.74) is -1.70. The molecule has 12 heteroatoms. The monoisotopic (exact) mass is 452 g/mol. The minimum absolute atomic E-state index is 0.0923. The minimum atomic E-state index is -1.38. The lowest BCUT2D eigenvalue weighted by atomic mass is 9.77. The van der Waals surface area contributed by atoms with E-state index in [1.165, 1.54) is 48.5 Å². The van der Waals surface area contributed by atoms with E-state index >= 15 is 0 Å². The average molecular weight is 452 g/mol. The average Bonchev–Trinajstić information content (AvgIpc) is 2.97. The number of non-ortho nitro benzene ring substituents is 2. The van der Waals surface area contributed by atoms with Gasteiger partial charge in [0.1, 0.15) is 0 Å². The summed E-state index contributed by atoms with van der Waals surface area (Å²) >= 11 is 0. The number of nitro benzene ring substituents is 2. The first-order chi connectivity index (χ1) is 15.4. The Labute approximate surface area is 187 Å². The SMILES string of the molecule is CC1=NN(C(=O)c2ccc([N+](=O)[O-])cc2)C(C)(N=NC(=O)c2ccc([N+](=O)[O-])cc2)C1(C)C. The zero-order chi connectivity index (χ0) is 24.6. The number of carbonyl (C=O) groups is 2. The first-order valence-electron chi connectivity index (χ1n) is 9.75. The van der Waals surface area contributed by atoms with Crippen molar-refractivity contribution < 1.29 is 19.4 Å². The van der Waals surface area contributed by atoms with Crippen LogP contribution >= 0.6 is 0 Å². The zero-order valence-corrected chi connectivity index (χ0v) is 18.3. The fourth-order valence-corrected chi connectivity index (χ4v) is 3.16. The van der Waals surface area contributed by atoms with Gasteiger partial charge in [-0.3, -0.25) is 29.8 Å². The molecule has 2 aromatic carbocycles. The van der Waals surface area contributed by atoms with Crippen LogP contribution in [0.4, 0.5) is 11.4 Å². The molecule has 0 fully saturated rings. The second-order valence-corrected chi connectivity index (χ2v) is 8.06. The largest absolute Gasteiger partial charge is 0.295 e. The van der Waals surface area contributed by atoms with Crippen LogP contribution in [0.3, 0.4) is 0 Å². The van der Waals surface area contributed by atoms with Crippen molar-refractivity contribution in [2.45, 2.75) is 33.4 Å². The van der Waals surface area contributed by atoms with Crippen LogP contribution in [0.15, 0.2) is 63.9 Å². The van der Waals surface area contributed by atoms with Gasteiger partial charge in [0.2, 0.25) is 0 Å². The molecule has 0 saturated carbocycles. The van der Waals surface area contributed by atoms with Gasteiger partial charge in [0, 0.05) is 41.1 Å². The maximum atomic E-state index is 13.2. The van der Waals surface area contributed by atoms with Gasteiger partial charge < -0.3 is 0 Å². The van der Waals surface area contributed by atoms with Gasteiger partial charge in [-0.05, 0) is 38.1 Å². The Bertz CT molecular complexity index is 1200. The van der Waals surface area contributed by atoms with Crippen molar-refractivity contribution in [2.24, 2.45) is 20.7 Å². The van der Waals surface area contributed by atoms with E-state index in [1.54, 1.807) is 27.7 Å². The van der Waals surface area contributed by atoms with Gasteiger partial charge in [-0.1, -0.05) is 13.8 Å². The molecular formula is C21H20N6O6. The van der Waals surface area contributed by atoms with Gasteiger partial charge in [-0.2, -0.15) is 15.2 Å². The lowest BCUT2D eigenvalue weighted by Crippen LogP contribution is -2.51. The van der Waals surface area contributed by atoms with Gasteiger partial charge in [0.15, 0.2) is 5.66 Å². The number of rotatable bonds is 5. The molecule has 0 aromatic heterocycles. The number of hydrogen-bond donors (Lipinski definition) is 0. The first kappa shape index (κ1) is 23.3. The van der Waals surface area contributed by atoms with Crippen molar-refractivity contribution in [3.05, 3.63) is 79.9 Å². The summed E-state index contributed by atoms with van der Waals surface area (Å²) < 4.78 is 0. The summed E-state index contributed by atoms with van der Waals surface area (Å²) in [7, 11) is 0. The van der Waals surface area contributed by atoms with E-state index in [-0.39, 0.29) is 22.5 Å². The zero-order valence-electron chi connectivity index (χ0n) is 18.3. The van der Waals surface area contributed by atoms with Crippen molar-refractivity contribution in [3.8, 4) is 0 Å². The smallest absolute Gasteiger partial charge is 0.267 e. The van der Waals surface area contributed by atoms with Crippen molar-refractivity contribution in [1.29, 1.82) is 0 Å². The normalized spacial score (nSPS) is 19.4. The highest BCUT2D eigenvalue weighted by atomic mass is 16.6. The number of hydrazone groups is 1. The first-order valence-corrected chi connectivity index (χ1v) is 9.75. The molecule has 1 aliphatic rings. The van der Waals surface area contributed by atoms with Crippen LogP contribution in [0.25, 0.3) is 0 Å². The summed E-state index contributed by atoms with van der Waals surface area (Å²) in [5, 5.41) is 35.1. The Morgan fingerprint density at radius 3 is 1.79 bits per heavy atom. The Morgan fingerprint density at radius 2 is 1.33 bits per heavy atom. The number of amides is 2. The van der Waals surface area contributed by atoms with E-state index < -0.39 is 32.7 Å². The molecule has 0 spiro atoms. The maximum Gasteiger partial charge on any atom is 0.295 e. The number of nitrogens with zero attached hydrogens (tertiary/aromatic N) is 6. The molecule has 12 nitrogen and oxygen atoms in total. The van der Waals surface area contributed by atoms with Crippen LogP contribution in [-0.4, -0.2) is 38.0 Å². The molecule has 2 aromatic rings. The van der Waals surface area contributed by atoms with Crippen molar-refractivity contribution >= 4 is 28.9 Å². The molecular weight excluding hydrogens is 432 g/mol. The molecule has 1 heterocycles. The minimum Gasteiger partial charge on any atom is -0.267 e. The van der Waals surface area contributed by atoms with Crippen LogP contribution in [0.2, 0.25) is 0 Å². The van der Waals surface area contributed by atoms with Gasteiger partial charge in [-0.15, -0.1) is 5.11 Å². The molecule has 0 aliphatic carbocycles. The summed E-state index contributed by atoms with van der Waals surface area (Å²) in [5.74, 6) is -1.31. The number of benzene rings is 2. The molecule has 170 valence electrons. The van der Waals surface area contributed by atoms with E-state index in [1.807, 2.05) is 0 Å². The lowest BCUT2D eigenvalue weighted by molar-refractivity contribution is -0.385. The van der Waals surface area contributed by atoms with E-state index in [0.29, 0.717) is 5.71 Å². The molecule has 0 radical (unpaired) electrons. The van der Waals surface area contributed by atoms with Gasteiger partial charge in [-0.25, -0.2) is 0 Å². The van der Waals surface area contributed by atoms with Crippen molar-refractivity contribution in [1.82, 2.24) is 5.01 Å². The number of hydrogen-bond acceptors (Lipinski definition) is 8. The number of nitro groups is 2. The van der Waals surface area contributed by atoms with Crippen molar-refractivity contribution in [3.63, 3.8) is 0 Å². The molecule has 1 atom stereocenters. The third kappa shape index (κ3) is 4.10. The highest BCUT2D eigenvalue weighted by molar-refractivity contribution is 6.00. The quantitative estimate of drug-likeness (QED) is 0.372. The van der Waals surface area contributed by atoms with Gasteiger partial charge in [0.05, 0.1) is 15.3 Å². The number of carbonyl (C=O) groups excluding carboxylic acids is 2. The Balaban J connectivity index is 1.92. The summed E-state index contributed by atoms with van der Waals surface area (Å²) in [4.78, 5) is 46.2. The molecule has 1 aliphatic heterocycles. The number of azo groups is 1. The van der Waals surface area contributed by atoms with Gasteiger partial charge in [0.25, 0.3) is 23.2 Å². The predicted octanol–water partition coefficient (Wildman–Crippen LogP) is 4.37. The molecule has 3 rings (SSSR count). The second kappa shape index (κ2) is 8.30. The summed E-state index contributed by atoms with van der Waals surface area (Å²) in [6.45, 7) is 6.91. The predicted molar refractivity (Wildman–Crippen MR) is 117 cm³/mol. The van der Waals surface area contributed by atoms with Crippen LogP contribution in [0, 0.1) is 25.6 Å². The van der Waals surface area contributed by atoms with Crippen LogP contribution in [0.5, 0.6) is 0 Å². The third-order valence-electron chi connectivity index (χ3n) is 5.93. The summed E-state index contributed by atoms with van der Waals surface area (Å²) in [6, 6.07) is 9.95. The van der Waals surface area contributed by atoms with E-state index in [2.05, 4.69) is 15.3 Å². The Hall–Kier alpha value is -4.35. The third-order valence-corrected chi connectivity index (χ3v) is 5.93. The Morgan fingerprint density at radius 1 is 0.879 bits per heavy atom. The molecule has 0 N–H and O–H groups in total. The maximum absolute atomic E-state index is 13.2. The fourth-order valence-electron chi connectivity index (χ4n) is 3.16. The van der Waals surface area contributed by atoms with E-state index in [0.717, 1.165) is 5.01 Å². The van der Waals surface area contributed by atoms with Crippen LogP contribution < -0.4 is 0 Å². The highest BCUT2D eigenvalue weighted by Gasteiger charge is 2.55. The highest BCUT2D eigenvalue weighted by Crippen LogP contribution is 2.45. The molecule has 0 bridgehead atoms. The molecule has 33 heavy (non-hydrogen) atoms. The Kier molecular flexibility index (Phi) is 5.86.